The first-order valence-electron chi connectivity index (χ1n) is 5.42. The highest BCUT2D eigenvalue weighted by Crippen LogP contribution is 2.29. The third-order valence-electron chi connectivity index (χ3n) is 2.58. The zero-order chi connectivity index (χ0) is 14.0. The second-order valence-corrected chi connectivity index (χ2v) is 8.30. The smallest absolute Gasteiger partial charge is 0.242 e. The molecule has 0 unspecified atom stereocenters. The Balaban J connectivity index is 2.19. The van der Waals surface area contributed by atoms with E-state index in [-0.39, 0.29) is 17.2 Å². The summed E-state index contributed by atoms with van der Waals surface area (Å²) in [7, 11) is -3.57. The summed E-state index contributed by atoms with van der Waals surface area (Å²) in [6.45, 7) is 1.81. The van der Waals surface area contributed by atoms with E-state index in [4.69, 9.17) is 0 Å². The second kappa shape index (κ2) is 5.62. The van der Waals surface area contributed by atoms with Gasteiger partial charge >= 0.3 is 0 Å². The van der Waals surface area contributed by atoms with Crippen molar-refractivity contribution in [3.05, 3.63) is 44.6 Å². The molecule has 1 heterocycles. The van der Waals surface area contributed by atoms with Gasteiger partial charge < -0.3 is 5.11 Å². The van der Waals surface area contributed by atoms with Crippen LogP contribution in [0.4, 0.5) is 0 Å². The lowest BCUT2D eigenvalue weighted by molar-refractivity contribution is 0.467. The first kappa shape index (κ1) is 14.5. The number of benzene rings is 1. The van der Waals surface area contributed by atoms with Crippen LogP contribution in [0.5, 0.6) is 5.75 Å². The maximum Gasteiger partial charge on any atom is 0.242 e. The van der Waals surface area contributed by atoms with Gasteiger partial charge in [0.25, 0.3) is 0 Å². The van der Waals surface area contributed by atoms with Crippen molar-refractivity contribution in [2.24, 2.45) is 0 Å². The topological polar surface area (TPSA) is 66.4 Å². The van der Waals surface area contributed by atoms with Gasteiger partial charge in [-0.3, -0.25) is 0 Å². The first-order chi connectivity index (χ1) is 8.90. The molecule has 1 aromatic heterocycles. The average molecular weight is 362 g/mol. The van der Waals surface area contributed by atoms with Gasteiger partial charge in [-0.05, 0) is 35.0 Å². The number of hydrogen-bond donors (Lipinski definition) is 2. The molecule has 2 N–H and O–H groups in total. The number of aryl methyl sites for hydroxylation is 1. The highest BCUT2D eigenvalue weighted by molar-refractivity contribution is 9.11. The van der Waals surface area contributed by atoms with Gasteiger partial charge in [0.05, 0.1) is 8.68 Å². The molecule has 102 valence electrons. The van der Waals surface area contributed by atoms with Crippen LogP contribution in [0.25, 0.3) is 0 Å². The van der Waals surface area contributed by atoms with Crippen molar-refractivity contribution in [3.8, 4) is 5.75 Å². The molecule has 0 amide bonds. The molecule has 0 saturated carbocycles. The summed E-state index contributed by atoms with van der Waals surface area (Å²) in [4.78, 5) is 0.983. The number of aromatic hydroxyl groups is 1. The van der Waals surface area contributed by atoms with Crippen molar-refractivity contribution in [1.82, 2.24) is 4.72 Å². The van der Waals surface area contributed by atoms with Crippen LogP contribution in [-0.4, -0.2) is 13.5 Å². The molecule has 0 aliphatic heterocycles. The van der Waals surface area contributed by atoms with E-state index in [9.17, 15) is 13.5 Å². The van der Waals surface area contributed by atoms with E-state index in [2.05, 4.69) is 20.7 Å². The highest BCUT2D eigenvalue weighted by atomic mass is 79.9. The minimum absolute atomic E-state index is 0.0575. The van der Waals surface area contributed by atoms with Crippen LogP contribution in [-0.2, 0) is 16.6 Å². The van der Waals surface area contributed by atoms with E-state index in [1.165, 1.54) is 17.4 Å². The van der Waals surface area contributed by atoms with Crippen LogP contribution in [0.3, 0.4) is 0 Å². The summed E-state index contributed by atoms with van der Waals surface area (Å²) >= 11 is 4.64. The molecule has 7 heteroatoms. The summed E-state index contributed by atoms with van der Waals surface area (Å²) in [5, 5.41) is 9.60. The third-order valence-corrected chi connectivity index (χ3v) is 5.79. The van der Waals surface area contributed by atoms with Crippen molar-refractivity contribution < 1.29 is 13.5 Å². The van der Waals surface area contributed by atoms with Crippen molar-refractivity contribution in [2.45, 2.75) is 18.4 Å². The summed E-state index contributed by atoms with van der Waals surface area (Å²) in [5.41, 5.74) is 0.540. The van der Waals surface area contributed by atoms with E-state index in [1.807, 2.05) is 0 Å². The largest absolute Gasteiger partial charge is 0.508 e. The van der Waals surface area contributed by atoms with Gasteiger partial charge in [-0.2, -0.15) is 0 Å². The van der Waals surface area contributed by atoms with Gasteiger partial charge in [-0.15, -0.1) is 11.3 Å². The molecular formula is C12H12BrNO3S2. The molecule has 1 aromatic carbocycles. The number of thiophene rings is 1. The fourth-order valence-electron chi connectivity index (χ4n) is 1.61. The van der Waals surface area contributed by atoms with Crippen LogP contribution in [0.15, 0.2) is 39.0 Å². The predicted octanol–water partition coefficient (Wildman–Crippen LogP) is 3.00. The van der Waals surface area contributed by atoms with Crippen LogP contribution < -0.4 is 4.72 Å². The maximum absolute atomic E-state index is 12.1. The zero-order valence-electron chi connectivity index (χ0n) is 10.1. The van der Waals surface area contributed by atoms with Gasteiger partial charge in [0.15, 0.2) is 0 Å². The number of phenols is 1. The fourth-order valence-corrected chi connectivity index (χ4v) is 5.03. The molecule has 0 atom stereocenters. The minimum atomic E-state index is -3.57. The lowest BCUT2D eigenvalue weighted by Crippen LogP contribution is -2.23. The van der Waals surface area contributed by atoms with Gasteiger partial charge in [-0.1, -0.05) is 18.2 Å². The summed E-state index contributed by atoms with van der Waals surface area (Å²) in [5.74, 6) is 0.0772. The van der Waals surface area contributed by atoms with Crippen molar-refractivity contribution in [1.29, 1.82) is 0 Å². The molecule has 0 fully saturated rings. The number of nitrogens with one attached hydrogen (secondary N) is 1. The number of halogens is 1. The molecule has 0 aliphatic rings. The molecule has 0 saturated heterocycles. The normalized spacial score (nSPS) is 11.7. The quantitative estimate of drug-likeness (QED) is 0.879. The lowest BCUT2D eigenvalue weighted by atomic mass is 10.2. The Hall–Kier alpha value is -0.890. The van der Waals surface area contributed by atoms with Crippen molar-refractivity contribution in [3.63, 3.8) is 0 Å². The highest BCUT2D eigenvalue weighted by Gasteiger charge is 2.19. The third kappa shape index (κ3) is 3.36. The van der Waals surface area contributed by atoms with Gasteiger partial charge in [0.2, 0.25) is 10.0 Å². The van der Waals surface area contributed by atoms with Gasteiger partial charge in [-0.25, -0.2) is 13.1 Å². The minimum Gasteiger partial charge on any atom is -0.508 e. The standard InChI is InChI=1S/C12H12BrNO3S2/c1-8-11(6-12(13)18-8)19(16,17)14-7-9-4-2-3-5-10(9)15/h2-6,14-15H,7H2,1H3. The Morgan fingerprint density at radius 3 is 2.63 bits per heavy atom. The van der Waals surface area contributed by atoms with E-state index in [1.54, 1.807) is 31.2 Å². The molecule has 0 radical (unpaired) electrons. The number of para-hydroxylation sites is 1. The maximum atomic E-state index is 12.1. The Morgan fingerprint density at radius 2 is 2.05 bits per heavy atom. The van der Waals surface area contributed by atoms with E-state index in [0.29, 0.717) is 5.56 Å². The molecule has 0 spiro atoms. The zero-order valence-corrected chi connectivity index (χ0v) is 13.3. The molecule has 2 aromatic rings. The Labute approximate surface area is 124 Å². The van der Waals surface area contributed by atoms with Crippen LogP contribution in [0.1, 0.15) is 10.4 Å². The first-order valence-corrected chi connectivity index (χ1v) is 8.52. The number of sulfonamides is 1. The van der Waals surface area contributed by atoms with Crippen molar-refractivity contribution in [2.75, 3.05) is 0 Å². The lowest BCUT2D eigenvalue weighted by Gasteiger charge is -2.07. The molecule has 0 aliphatic carbocycles. The predicted molar refractivity (Wildman–Crippen MR) is 78.9 cm³/mol. The van der Waals surface area contributed by atoms with Gasteiger partial charge in [0, 0.05) is 17.0 Å². The van der Waals surface area contributed by atoms with Crippen molar-refractivity contribution >= 4 is 37.3 Å². The van der Waals surface area contributed by atoms with Gasteiger partial charge in [0.1, 0.15) is 5.75 Å². The summed E-state index contributed by atoms with van der Waals surface area (Å²) in [6, 6.07) is 8.21. The molecule has 2 rings (SSSR count). The monoisotopic (exact) mass is 361 g/mol. The average Bonchev–Trinajstić information content (AvgIpc) is 2.68. The summed E-state index contributed by atoms with van der Waals surface area (Å²) in [6.07, 6.45) is 0. The van der Waals surface area contributed by atoms with E-state index >= 15 is 0 Å². The van der Waals surface area contributed by atoms with Crippen LogP contribution >= 0.6 is 27.3 Å². The molecular weight excluding hydrogens is 350 g/mol. The fraction of sp³-hybridized carbons (Fsp3) is 0.167. The molecule has 0 bridgehead atoms. The Kier molecular flexibility index (Phi) is 4.29. The Morgan fingerprint density at radius 1 is 1.37 bits per heavy atom. The Bertz CT molecular complexity index is 695. The van der Waals surface area contributed by atoms with E-state index in [0.717, 1.165) is 8.66 Å². The summed E-state index contributed by atoms with van der Waals surface area (Å²) < 4.78 is 27.5. The van der Waals surface area contributed by atoms with Crippen LogP contribution in [0, 0.1) is 6.92 Å². The van der Waals surface area contributed by atoms with E-state index < -0.39 is 10.0 Å². The number of rotatable bonds is 4. The van der Waals surface area contributed by atoms with Crippen LogP contribution in [0.2, 0.25) is 0 Å². The number of phenolic OH excluding ortho intramolecular Hbond substituents is 1. The second-order valence-electron chi connectivity index (χ2n) is 3.92. The SMILES string of the molecule is Cc1sc(Br)cc1S(=O)(=O)NCc1ccccc1O. The number of hydrogen-bond acceptors (Lipinski definition) is 4. The molecule has 4 nitrogen and oxygen atoms in total. The molecule has 19 heavy (non-hydrogen) atoms.